The summed E-state index contributed by atoms with van der Waals surface area (Å²) in [5, 5.41) is 12.0. The number of hydrogen-bond donors (Lipinski definition) is 2. The van der Waals surface area contributed by atoms with Crippen LogP contribution in [-0.2, 0) is 9.53 Å². The van der Waals surface area contributed by atoms with Gasteiger partial charge in [0.2, 0.25) is 5.91 Å². The number of halogens is 1. The second kappa shape index (κ2) is 8.10. The summed E-state index contributed by atoms with van der Waals surface area (Å²) in [6, 6.07) is 6.27. The first-order valence-electron chi connectivity index (χ1n) is 7.06. The molecule has 1 aromatic carbocycles. The number of aliphatic hydroxyl groups is 1. The molecule has 2 N–H and O–H groups in total. The van der Waals surface area contributed by atoms with Crippen LogP contribution in [0.1, 0.15) is 38.2 Å². The van der Waals surface area contributed by atoms with Gasteiger partial charge in [0.05, 0.1) is 12.1 Å². The third kappa shape index (κ3) is 5.81. The lowest BCUT2D eigenvalue weighted by Crippen LogP contribution is -2.50. The highest BCUT2D eigenvalue weighted by Crippen LogP contribution is 2.20. The Kier molecular flexibility index (Phi) is 6.78. The largest absolute Gasteiger partial charge is 0.396 e. The number of carbonyl (C=O) groups excluding carboxylic acids is 1. The van der Waals surface area contributed by atoms with Crippen LogP contribution < -0.4 is 5.32 Å². The Labute approximate surface area is 125 Å². The van der Waals surface area contributed by atoms with Crippen molar-refractivity contribution in [3.8, 4) is 0 Å². The van der Waals surface area contributed by atoms with Crippen LogP contribution in [-0.4, -0.2) is 36.9 Å². The number of nitrogens with one attached hydrogen (secondary N) is 1. The van der Waals surface area contributed by atoms with Crippen LogP contribution in [0.2, 0.25) is 0 Å². The maximum atomic E-state index is 13.2. The molecule has 0 bridgehead atoms. The number of carbonyl (C=O) groups is 1. The van der Waals surface area contributed by atoms with Crippen LogP contribution in [0, 0.1) is 5.82 Å². The highest BCUT2D eigenvalue weighted by atomic mass is 19.1. The molecule has 0 saturated heterocycles. The van der Waals surface area contributed by atoms with Crippen molar-refractivity contribution < 1.29 is 19.0 Å². The molecule has 0 aromatic heterocycles. The first-order chi connectivity index (χ1) is 9.90. The van der Waals surface area contributed by atoms with Gasteiger partial charge < -0.3 is 15.2 Å². The molecule has 0 aliphatic carbocycles. The van der Waals surface area contributed by atoms with Crippen molar-refractivity contribution in [2.24, 2.45) is 0 Å². The molecule has 0 radical (unpaired) electrons. The fourth-order valence-electron chi connectivity index (χ4n) is 2.33. The number of amides is 1. The van der Waals surface area contributed by atoms with Gasteiger partial charge in [0.25, 0.3) is 0 Å². The fourth-order valence-corrected chi connectivity index (χ4v) is 2.33. The Morgan fingerprint density at radius 1 is 1.52 bits per heavy atom. The first kappa shape index (κ1) is 17.6. The van der Waals surface area contributed by atoms with Crippen molar-refractivity contribution in [1.82, 2.24) is 5.32 Å². The Morgan fingerprint density at radius 2 is 2.24 bits per heavy atom. The molecule has 0 fully saturated rings. The van der Waals surface area contributed by atoms with Crippen molar-refractivity contribution in [3.05, 3.63) is 35.6 Å². The SMILES string of the molecule is COCC(C)(CCO)NC(=O)CC(C)c1cccc(F)c1. The van der Waals surface area contributed by atoms with Crippen molar-refractivity contribution in [2.75, 3.05) is 20.3 Å². The summed E-state index contributed by atoms with van der Waals surface area (Å²) in [4.78, 5) is 12.1. The number of rotatable bonds is 8. The van der Waals surface area contributed by atoms with Crippen LogP contribution in [0.25, 0.3) is 0 Å². The van der Waals surface area contributed by atoms with Crippen molar-refractivity contribution in [3.63, 3.8) is 0 Å². The minimum atomic E-state index is -0.595. The molecule has 0 heterocycles. The average Bonchev–Trinajstić information content (AvgIpc) is 2.38. The van der Waals surface area contributed by atoms with Gasteiger partial charge in [-0.2, -0.15) is 0 Å². The maximum absolute atomic E-state index is 13.2. The Hall–Kier alpha value is -1.46. The average molecular weight is 297 g/mol. The summed E-state index contributed by atoms with van der Waals surface area (Å²) >= 11 is 0. The number of hydrogen-bond acceptors (Lipinski definition) is 3. The molecule has 118 valence electrons. The monoisotopic (exact) mass is 297 g/mol. The van der Waals surface area contributed by atoms with E-state index in [9.17, 15) is 9.18 Å². The molecule has 1 amide bonds. The molecule has 0 aliphatic heterocycles. The van der Waals surface area contributed by atoms with E-state index in [4.69, 9.17) is 9.84 Å². The Bertz CT molecular complexity index is 459. The zero-order valence-electron chi connectivity index (χ0n) is 12.9. The molecular formula is C16H24FNO3. The summed E-state index contributed by atoms with van der Waals surface area (Å²) in [6.45, 7) is 4.01. The van der Waals surface area contributed by atoms with Crippen LogP contribution in [0.3, 0.4) is 0 Å². The second-order valence-electron chi connectivity index (χ2n) is 5.68. The smallest absolute Gasteiger partial charge is 0.221 e. The van der Waals surface area contributed by atoms with Gasteiger partial charge in [-0.3, -0.25) is 4.79 Å². The number of benzene rings is 1. The van der Waals surface area contributed by atoms with E-state index in [1.165, 1.54) is 12.1 Å². The van der Waals surface area contributed by atoms with Crippen molar-refractivity contribution in [2.45, 2.75) is 38.1 Å². The van der Waals surface area contributed by atoms with E-state index in [2.05, 4.69) is 5.32 Å². The third-order valence-electron chi connectivity index (χ3n) is 3.48. The molecule has 2 unspecified atom stereocenters. The van der Waals surface area contributed by atoms with Gasteiger partial charge in [0.15, 0.2) is 0 Å². The highest BCUT2D eigenvalue weighted by molar-refractivity contribution is 5.77. The maximum Gasteiger partial charge on any atom is 0.221 e. The van der Waals surface area contributed by atoms with E-state index >= 15 is 0 Å². The Balaban J connectivity index is 2.63. The lowest BCUT2D eigenvalue weighted by atomic mass is 9.95. The van der Waals surface area contributed by atoms with Gasteiger partial charge in [0.1, 0.15) is 5.82 Å². The van der Waals surface area contributed by atoms with Crippen molar-refractivity contribution >= 4 is 5.91 Å². The molecule has 4 nitrogen and oxygen atoms in total. The molecule has 0 saturated carbocycles. The summed E-state index contributed by atoms with van der Waals surface area (Å²) in [6.07, 6.45) is 0.676. The third-order valence-corrected chi connectivity index (χ3v) is 3.48. The van der Waals surface area contributed by atoms with Crippen LogP contribution in [0.15, 0.2) is 24.3 Å². The zero-order chi connectivity index (χ0) is 15.9. The van der Waals surface area contributed by atoms with Gasteiger partial charge >= 0.3 is 0 Å². The van der Waals surface area contributed by atoms with E-state index in [1.807, 2.05) is 19.9 Å². The summed E-state index contributed by atoms with van der Waals surface area (Å²) in [5.74, 6) is -0.523. The van der Waals surface area contributed by atoms with Crippen LogP contribution >= 0.6 is 0 Å². The van der Waals surface area contributed by atoms with E-state index < -0.39 is 5.54 Å². The zero-order valence-corrected chi connectivity index (χ0v) is 12.9. The molecule has 0 spiro atoms. The standard InChI is InChI=1S/C16H24FNO3/c1-12(13-5-4-6-14(17)10-13)9-15(20)18-16(2,7-8-19)11-21-3/h4-6,10,12,19H,7-9,11H2,1-3H3,(H,18,20). The summed E-state index contributed by atoms with van der Waals surface area (Å²) < 4.78 is 18.3. The molecular weight excluding hydrogens is 273 g/mol. The van der Waals surface area contributed by atoms with E-state index in [0.29, 0.717) is 13.0 Å². The van der Waals surface area contributed by atoms with Gasteiger partial charge in [-0.25, -0.2) is 4.39 Å². The molecule has 1 rings (SSSR count). The lowest BCUT2D eigenvalue weighted by molar-refractivity contribution is -0.124. The van der Waals surface area contributed by atoms with E-state index in [-0.39, 0.29) is 30.7 Å². The molecule has 2 atom stereocenters. The summed E-state index contributed by atoms with van der Waals surface area (Å²) in [5.41, 5.74) is 0.197. The summed E-state index contributed by atoms with van der Waals surface area (Å²) in [7, 11) is 1.55. The first-order valence-corrected chi connectivity index (χ1v) is 7.06. The number of aliphatic hydroxyl groups excluding tert-OH is 1. The van der Waals surface area contributed by atoms with Gasteiger partial charge in [-0.05, 0) is 37.0 Å². The minimum Gasteiger partial charge on any atom is -0.396 e. The molecule has 21 heavy (non-hydrogen) atoms. The van der Waals surface area contributed by atoms with E-state index in [0.717, 1.165) is 5.56 Å². The fraction of sp³-hybridized carbons (Fsp3) is 0.562. The number of ether oxygens (including phenoxy) is 1. The predicted octanol–water partition coefficient (Wildman–Crippen LogP) is 2.22. The van der Waals surface area contributed by atoms with Crippen LogP contribution in [0.5, 0.6) is 0 Å². The topological polar surface area (TPSA) is 58.6 Å². The normalized spacial score (nSPS) is 15.3. The predicted molar refractivity (Wildman–Crippen MR) is 79.6 cm³/mol. The van der Waals surface area contributed by atoms with Crippen LogP contribution in [0.4, 0.5) is 4.39 Å². The number of methoxy groups -OCH3 is 1. The van der Waals surface area contributed by atoms with Gasteiger partial charge in [0, 0.05) is 20.1 Å². The minimum absolute atomic E-state index is 0.0282. The molecule has 0 aliphatic rings. The molecule has 5 heteroatoms. The molecule has 1 aromatic rings. The highest BCUT2D eigenvalue weighted by Gasteiger charge is 2.26. The quantitative estimate of drug-likeness (QED) is 0.773. The Morgan fingerprint density at radius 3 is 2.81 bits per heavy atom. The van der Waals surface area contributed by atoms with Crippen molar-refractivity contribution in [1.29, 1.82) is 0 Å². The van der Waals surface area contributed by atoms with E-state index in [1.54, 1.807) is 13.2 Å². The van der Waals surface area contributed by atoms with Gasteiger partial charge in [-0.1, -0.05) is 19.1 Å². The van der Waals surface area contributed by atoms with Gasteiger partial charge in [-0.15, -0.1) is 0 Å². The lowest BCUT2D eigenvalue weighted by Gasteiger charge is -2.30. The second-order valence-corrected chi connectivity index (χ2v) is 5.68.